The molecule has 1 N–H and O–H groups in total. The van der Waals surface area contributed by atoms with Gasteiger partial charge in [0.15, 0.2) is 18.2 Å². The summed E-state index contributed by atoms with van der Waals surface area (Å²) in [6.07, 6.45) is 1.30. The Labute approximate surface area is 185 Å². The predicted octanol–water partition coefficient (Wildman–Crippen LogP) is 3.43. The van der Waals surface area contributed by atoms with Crippen LogP contribution < -0.4 is 15.0 Å². The van der Waals surface area contributed by atoms with Gasteiger partial charge in [-0.05, 0) is 45.0 Å². The molecule has 8 nitrogen and oxygen atoms in total. The lowest BCUT2D eigenvalue weighted by atomic mass is 10.2. The summed E-state index contributed by atoms with van der Waals surface area (Å²) in [7, 11) is 0. The third-order valence-electron chi connectivity index (χ3n) is 4.56. The number of hydrogen-bond acceptors (Lipinski definition) is 6. The summed E-state index contributed by atoms with van der Waals surface area (Å²) in [4.78, 5) is 32.2. The van der Waals surface area contributed by atoms with Crippen LogP contribution in [0.15, 0.2) is 36.5 Å². The topological polar surface area (TPSA) is 84.0 Å². The number of piperazine rings is 1. The van der Waals surface area contributed by atoms with Gasteiger partial charge in [-0.2, -0.15) is 0 Å². The number of hydrogen-bond donors (Lipinski definition) is 1. The molecule has 1 aromatic carbocycles. The molecule has 0 unspecified atom stereocenters. The molecule has 1 aliphatic heterocycles. The second kappa shape index (κ2) is 9.80. The number of ether oxygens (including phenoxy) is 2. The first-order valence-electron chi connectivity index (χ1n) is 10.2. The number of anilines is 2. The first-order chi connectivity index (χ1) is 15.1. The Hall–Kier alpha value is -3.43. The fraction of sp³-hybridized carbons (Fsp3) is 0.409. The minimum Gasteiger partial charge on any atom is -0.481 e. The van der Waals surface area contributed by atoms with E-state index in [4.69, 9.17) is 9.47 Å². The molecule has 2 amide bonds. The highest BCUT2D eigenvalue weighted by Gasteiger charge is 2.26. The normalized spacial score (nSPS) is 14.2. The van der Waals surface area contributed by atoms with E-state index in [1.165, 1.54) is 0 Å². The molecule has 32 heavy (non-hydrogen) atoms. The predicted molar refractivity (Wildman–Crippen MR) is 115 cm³/mol. The maximum atomic E-state index is 13.5. The van der Waals surface area contributed by atoms with Gasteiger partial charge in [-0.3, -0.25) is 4.79 Å². The maximum absolute atomic E-state index is 13.5. The number of aromatic nitrogens is 1. The number of pyridine rings is 1. The maximum Gasteiger partial charge on any atom is 0.410 e. The van der Waals surface area contributed by atoms with Crippen molar-refractivity contribution in [3.8, 4) is 5.75 Å². The molecule has 0 aliphatic carbocycles. The lowest BCUT2D eigenvalue weighted by Crippen LogP contribution is -2.50. The molecule has 172 valence electrons. The second-order valence-corrected chi connectivity index (χ2v) is 8.27. The van der Waals surface area contributed by atoms with Gasteiger partial charge < -0.3 is 24.6 Å². The molecule has 1 aliphatic rings. The van der Waals surface area contributed by atoms with Crippen molar-refractivity contribution in [1.29, 1.82) is 0 Å². The number of carbonyl (C=O) groups is 2. The molecule has 1 aromatic heterocycles. The molecule has 0 saturated carbocycles. The van der Waals surface area contributed by atoms with Crippen LogP contribution in [0.5, 0.6) is 5.75 Å². The van der Waals surface area contributed by atoms with Gasteiger partial charge in [0.05, 0.1) is 11.9 Å². The van der Waals surface area contributed by atoms with Crippen molar-refractivity contribution in [2.75, 3.05) is 43.0 Å². The first kappa shape index (κ1) is 23.2. The van der Waals surface area contributed by atoms with Crippen LogP contribution in [0.25, 0.3) is 0 Å². The van der Waals surface area contributed by atoms with E-state index in [0.717, 1.165) is 17.8 Å². The Morgan fingerprint density at radius 2 is 1.81 bits per heavy atom. The van der Waals surface area contributed by atoms with Crippen LogP contribution in [0.4, 0.5) is 25.1 Å². The van der Waals surface area contributed by atoms with Gasteiger partial charge in [-0.15, -0.1) is 0 Å². The molecule has 0 spiro atoms. The fourth-order valence-corrected chi connectivity index (χ4v) is 3.04. The molecule has 2 heterocycles. The SMILES string of the molecule is CC(C)(C)OC(=O)N1CCN(c2ccc(NC(=O)COc3ccc(F)cc3F)nc2)CC1. The number of rotatable bonds is 5. The van der Waals surface area contributed by atoms with Crippen LogP contribution in [0.2, 0.25) is 0 Å². The average molecular weight is 448 g/mol. The number of amides is 2. The molecule has 2 aromatic rings. The summed E-state index contributed by atoms with van der Waals surface area (Å²) in [5, 5.41) is 2.56. The highest BCUT2D eigenvalue weighted by Crippen LogP contribution is 2.20. The van der Waals surface area contributed by atoms with Gasteiger partial charge in [0.2, 0.25) is 0 Å². The van der Waals surface area contributed by atoms with Crippen molar-refractivity contribution in [2.45, 2.75) is 26.4 Å². The number of halogens is 2. The number of benzene rings is 1. The van der Waals surface area contributed by atoms with Crippen LogP contribution in [0.1, 0.15) is 20.8 Å². The van der Waals surface area contributed by atoms with Gasteiger partial charge in [-0.1, -0.05) is 0 Å². The number of nitrogens with zero attached hydrogens (tertiary/aromatic N) is 3. The Kier molecular flexibility index (Phi) is 7.12. The van der Waals surface area contributed by atoms with Gasteiger partial charge in [0, 0.05) is 32.2 Å². The van der Waals surface area contributed by atoms with E-state index in [9.17, 15) is 18.4 Å². The fourth-order valence-electron chi connectivity index (χ4n) is 3.04. The lowest BCUT2D eigenvalue weighted by Gasteiger charge is -2.36. The average Bonchev–Trinajstić information content (AvgIpc) is 2.72. The van der Waals surface area contributed by atoms with Crippen LogP contribution in [0.3, 0.4) is 0 Å². The molecule has 3 rings (SSSR count). The molecular weight excluding hydrogens is 422 g/mol. The zero-order valence-corrected chi connectivity index (χ0v) is 18.2. The summed E-state index contributed by atoms with van der Waals surface area (Å²) < 4.78 is 36.9. The Morgan fingerprint density at radius 3 is 2.41 bits per heavy atom. The molecule has 0 radical (unpaired) electrons. The Morgan fingerprint density at radius 1 is 1.09 bits per heavy atom. The van der Waals surface area contributed by atoms with Crippen molar-refractivity contribution < 1.29 is 27.8 Å². The van der Waals surface area contributed by atoms with Crippen molar-refractivity contribution >= 4 is 23.5 Å². The Bertz CT molecular complexity index is 955. The Balaban J connectivity index is 1.47. The summed E-state index contributed by atoms with van der Waals surface area (Å²) in [5.41, 5.74) is 0.327. The van der Waals surface area contributed by atoms with E-state index >= 15 is 0 Å². The van der Waals surface area contributed by atoms with Crippen LogP contribution >= 0.6 is 0 Å². The van der Waals surface area contributed by atoms with Crippen molar-refractivity contribution in [2.24, 2.45) is 0 Å². The quantitative estimate of drug-likeness (QED) is 0.755. The third-order valence-corrected chi connectivity index (χ3v) is 4.56. The van der Waals surface area contributed by atoms with Gasteiger partial charge in [0.25, 0.3) is 5.91 Å². The van der Waals surface area contributed by atoms with Gasteiger partial charge in [0.1, 0.15) is 17.2 Å². The monoisotopic (exact) mass is 448 g/mol. The molecule has 0 atom stereocenters. The molecular formula is C22H26F2N4O4. The highest BCUT2D eigenvalue weighted by molar-refractivity contribution is 5.91. The highest BCUT2D eigenvalue weighted by atomic mass is 19.1. The minimum absolute atomic E-state index is 0.213. The summed E-state index contributed by atoms with van der Waals surface area (Å²) in [5.74, 6) is -2.04. The summed E-state index contributed by atoms with van der Waals surface area (Å²) in [6.45, 7) is 7.38. The zero-order valence-electron chi connectivity index (χ0n) is 18.2. The minimum atomic E-state index is -0.882. The van der Waals surface area contributed by atoms with E-state index < -0.39 is 29.7 Å². The van der Waals surface area contributed by atoms with E-state index in [-0.39, 0.29) is 11.8 Å². The number of nitrogens with one attached hydrogen (secondary N) is 1. The molecule has 1 saturated heterocycles. The van der Waals surface area contributed by atoms with E-state index in [0.29, 0.717) is 38.1 Å². The third kappa shape index (κ3) is 6.53. The number of carbonyl (C=O) groups excluding carboxylic acids is 2. The van der Waals surface area contributed by atoms with Crippen LogP contribution in [-0.4, -0.2) is 60.3 Å². The first-order valence-corrected chi connectivity index (χ1v) is 10.2. The van der Waals surface area contributed by atoms with Crippen molar-refractivity contribution in [3.05, 3.63) is 48.2 Å². The van der Waals surface area contributed by atoms with Crippen molar-refractivity contribution in [1.82, 2.24) is 9.88 Å². The van der Waals surface area contributed by atoms with Crippen LogP contribution in [-0.2, 0) is 9.53 Å². The van der Waals surface area contributed by atoms with E-state index in [1.807, 2.05) is 26.8 Å². The van der Waals surface area contributed by atoms with E-state index in [2.05, 4.69) is 15.2 Å². The molecule has 10 heteroatoms. The van der Waals surface area contributed by atoms with Crippen molar-refractivity contribution in [3.63, 3.8) is 0 Å². The van der Waals surface area contributed by atoms with Crippen LogP contribution in [0, 0.1) is 11.6 Å². The second-order valence-electron chi connectivity index (χ2n) is 8.27. The van der Waals surface area contributed by atoms with E-state index in [1.54, 1.807) is 17.2 Å². The lowest BCUT2D eigenvalue weighted by molar-refractivity contribution is -0.118. The zero-order chi connectivity index (χ0) is 23.3. The summed E-state index contributed by atoms with van der Waals surface area (Å²) in [6, 6.07) is 6.30. The smallest absolute Gasteiger partial charge is 0.410 e. The van der Waals surface area contributed by atoms with Gasteiger partial charge >= 0.3 is 6.09 Å². The summed E-state index contributed by atoms with van der Waals surface area (Å²) >= 11 is 0. The molecule has 1 fully saturated rings. The largest absolute Gasteiger partial charge is 0.481 e. The standard InChI is InChI=1S/C22H26F2N4O4/c1-22(2,3)32-21(30)28-10-8-27(9-11-28)16-5-7-19(25-13-16)26-20(29)14-31-18-6-4-15(23)12-17(18)24/h4-7,12-13H,8-11,14H2,1-3H3,(H,25,26,29). The molecule has 0 bridgehead atoms. The van der Waals surface area contributed by atoms with Gasteiger partial charge in [-0.25, -0.2) is 18.6 Å².